The van der Waals surface area contributed by atoms with Crippen molar-refractivity contribution in [2.75, 3.05) is 52.4 Å². The maximum atomic E-state index is 7.91. The van der Waals surface area contributed by atoms with Gasteiger partial charge in [0.25, 0.3) is 0 Å². The second-order valence-corrected chi connectivity index (χ2v) is 10.3. The summed E-state index contributed by atoms with van der Waals surface area (Å²) in [5.41, 5.74) is 11.9. The van der Waals surface area contributed by atoms with Gasteiger partial charge < -0.3 is 31.1 Å². The summed E-state index contributed by atoms with van der Waals surface area (Å²) in [4.78, 5) is 16.7. The topological polar surface area (TPSA) is 137 Å². The fraction of sp³-hybridized carbons (Fsp3) is 0.833. The molecular weight excluding hydrogens is 428 g/mol. The molecule has 10 nitrogen and oxygen atoms in total. The van der Waals surface area contributed by atoms with Crippen LogP contribution in [0.5, 0.6) is 0 Å². The summed E-state index contributed by atoms with van der Waals surface area (Å²) in [6.45, 7) is 12.3. The molecule has 0 aromatic rings. The van der Waals surface area contributed by atoms with E-state index in [1.165, 1.54) is 51.4 Å². The second kappa shape index (κ2) is 12.8. The molecule has 0 aromatic heterocycles. The first-order chi connectivity index (χ1) is 16.3. The van der Waals surface area contributed by atoms with E-state index in [1.54, 1.807) is 0 Å². The second-order valence-electron chi connectivity index (χ2n) is 10.3. The van der Waals surface area contributed by atoms with Crippen LogP contribution in [0, 0.1) is 22.7 Å². The van der Waals surface area contributed by atoms with E-state index >= 15 is 0 Å². The minimum absolute atomic E-state index is 0.332. The Morgan fingerprint density at radius 1 is 0.559 bits per heavy atom. The van der Waals surface area contributed by atoms with Crippen LogP contribution in [0.3, 0.4) is 0 Å². The number of aliphatic imine (C=N–C) groups is 2. The third-order valence-corrected chi connectivity index (χ3v) is 7.47. The van der Waals surface area contributed by atoms with Gasteiger partial charge in [0.15, 0.2) is 11.9 Å². The number of nitrogens with zero attached hydrogens (tertiary/aromatic N) is 6. The molecule has 192 valence electrons. The minimum Gasteiger partial charge on any atom is -0.369 e. The van der Waals surface area contributed by atoms with E-state index in [2.05, 4.69) is 33.6 Å². The van der Waals surface area contributed by atoms with Crippen molar-refractivity contribution in [2.24, 2.45) is 33.3 Å². The summed E-state index contributed by atoms with van der Waals surface area (Å²) in [5, 5.41) is 15.8. The number of rotatable bonds is 0. The number of piperidine rings is 2. The van der Waals surface area contributed by atoms with Gasteiger partial charge in [0, 0.05) is 52.4 Å². The molecule has 10 heteroatoms. The Hall–Kier alpha value is -2.52. The lowest BCUT2D eigenvalue weighted by Gasteiger charge is -2.31. The van der Waals surface area contributed by atoms with E-state index in [1.807, 2.05) is 9.80 Å². The van der Waals surface area contributed by atoms with Crippen molar-refractivity contribution in [3.8, 4) is 0 Å². The van der Waals surface area contributed by atoms with E-state index in [0.29, 0.717) is 23.8 Å². The molecule has 0 atom stereocenters. The Bertz CT molecular complexity index is 658. The average molecular weight is 475 g/mol. The molecule has 0 bridgehead atoms. The molecule has 4 aliphatic rings. The Labute approximate surface area is 205 Å². The summed E-state index contributed by atoms with van der Waals surface area (Å²) in [7, 11) is 0. The van der Waals surface area contributed by atoms with Crippen LogP contribution < -0.4 is 11.5 Å². The molecule has 0 spiro atoms. The molecule has 4 fully saturated rings. The van der Waals surface area contributed by atoms with Gasteiger partial charge in [0.1, 0.15) is 0 Å². The lowest BCUT2D eigenvalue weighted by Crippen LogP contribution is -2.43. The van der Waals surface area contributed by atoms with E-state index in [0.717, 1.165) is 64.2 Å². The number of nitrogens with two attached hydrogens (primary N) is 2. The van der Waals surface area contributed by atoms with Crippen molar-refractivity contribution in [3.63, 3.8) is 0 Å². The van der Waals surface area contributed by atoms with E-state index in [9.17, 15) is 0 Å². The smallest absolute Gasteiger partial charge is 0.221 e. The highest BCUT2D eigenvalue weighted by Gasteiger charge is 2.21. The Morgan fingerprint density at radius 2 is 0.853 bits per heavy atom. The number of nitrogens with one attached hydrogen (secondary N) is 2. The van der Waals surface area contributed by atoms with Gasteiger partial charge >= 0.3 is 0 Å². The molecule has 0 aliphatic carbocycles. The van der Waals surface area contributed by atoms with Crippen LogP contribution in [0.4, 0.5) is 0 Å². The van der Waals surface area contributed by atoms with Crippen LogP contribution in [0.1, 0.15) is 65.2 Å². The molecule has 0 unspecified atom stereocenters. The largest absolute Gasteiger partial charge is 0.369 e. The van der Waals surface area contributed by atoms with Gasteiger partial charge in [-0.05, 0) is 63.2 Å². The fourth-order valence-electron chi connectivity index (χ4n) is 4.83. The van der Waals surface area contributed by atoms with Crippen LogP contribution in [0.25, 0.3) is 0 Å². The summed E-state index contributed by atoms with van der Waals surface area (Å²) < 4.78 is 0. The van der Waals surface area contributed by atoms with Gasteiger partial charge in [-0.2, -0.15) is 9.98 Å². The first-order valence-electron chi connectivity index (χ1n) is 13.2. The van der Waals surface area contributed by atoms with E-state index in [4.69, 9.17) is 22.3 Å². The summed E-state index contributed by atoms with van der Waals surface area (Å²) in [6.07, 6.45) is 9.36. The normalized spacial score (nSPS) is 23.2. The molecule has 4 aliphatic heterocycles. The van der Waals surface area contributed by atoms with Crippen molar-refractivity contribution < 1.29 is 0 Å². The standard InChI is InChI=1S/2C12H23N5/c2*1-10-4-8-17(9-5-10)12(14)15-11(13)16-6-2-3-7-16/h2*10H,2-9H2,1H3,(H3,13,14,15). The fourth-order valence-corrected chi connectivity index (χ4v) is 4.83. The maximum Gasteiger partial charge on any atom is 0.221 e. The molecule has 0 aromatic carbocycles. The average Bonchev–Trinajstić information content (AvgIpc) is 3.55. The number of guanidine groups is 4. The van der Waals surface area contributed by atoms with Crippen molar-refractivity contribution >= 4 is 23.8 Å². The van der Waals surface area contributed by atoms with Crippen molar-refractivity contribution in [3.05, 3.63) is 0 Å². The maximum absolute atomic E-state index is 7.91. The Balaban J connectivity index is 0.000000191. The van der Waals surface area contributed by atoms with Crippen molar-refractivity contribution in [1.29, 1.82) is 10.8 Å². The predicted octanol–water partition coefficient (Wildman–Crippen LogP) is 2.13. The first kappa shape index (κ1) is 26.1. The van der Waals surface area contributed by atoms with E-state index < -0.39 is 0 Å². The quantitative estimate of drug-likeness (QED) is 0.313. The molecule has 4 rings (SSSR count). The highest BCUT2D eigenvalue weighted by atomic mass is 15.3. The minimum atomic E-state index is 0.332. The molecule has 0 amide bonds. The molecule has 0 saturated carbocycles. The molecule has 4 heterocycles. The summed E-state index contributed by atoms with van der Waals surface area (Å²) >= 11 is 0. The highest BCUT2D eigenvalue weighted by molar-refractivity contribution is 5.93. The number of hydrogen-bond acceptors (Lipinski definition) is 2. The molecule has 0 radical (unpaired) electrons. The van der Waals surface area contributed by atoms with Gasteiger partial charge in [-0.3, -0.25) is 10.8 Å². The zero-order valence-corrected chi connectivity index (χ0v) is 21.3. The van der Waals surface area contributed by atoms with Gasteiger partial charge in [0.05, 0.1) is 0 Å². The third kappa shape index (κ3) is 7.77. The number of likely N-dealkylation sites (tertiary alicyclic amines) is 4. The lowest BCUT2D eigenvalue weighted by atomic mass is 10.00. The van der Waals surface area contributed by atoms with Crippen molar-refractivity contribution in [2.45, 2.75) is 65.2 Å². The number of hydrogen-bond donors (Lipinski definition) is 4. The SMILES string of the molecule is CC1CCN(C(N)=NC(=N)N2CCCC2)CC1.CC1CCN(C(N)=NC(=N)N2CCCC2)CC1. The van der Waals surface area contributed by atoms with Gasteiger partial charge in [0.2, 0.25) is 11.9 Å². The highest BCUT2D eigenvalue weighted by Crippen LogP contribution is 2.17. The Kier molecular flexibility index (Phi) is 9.83. The van der Waals surface area contributed by atoms with Gasteiger partial charge in [-0.25, -0.2) is 0 Å². The molecule has 34 heavy (non-hydrogen) atoms. The molecule has 6 N–H and O–H groups in total. The molecular formula is C24H46N10. The lowest BCUT2D eigenvalue weighted by molar-refractivity contribution is 0.278. The van der Waals surface area contributed by atoms with E-state index in [-0.39, 0.29) is 0 Å². The predicted molar refractivity (Wildman–Crippen MR) is 140 cm³/mol. The van der Waals surface area contributed by atoms with Crippen LogP contribution in [0.15, 0.2) is 9.98 Å². The molecule has 4 saturated heterocycles. The van der Waals surface area contributed by atoms with Crippen LogP contribution in [-0.2, 0) is 0 Å². The third-order valence-electron chi connectivity index (χ3n) is 7.47. The zero-order chi connectivity index (χ0) is 24.5. The van der Waals surface area contributed by atoms with Crippen LogP contribution >= 0.6 is 0 Å². The first-order valence-corrected chi connectivity index (χ1v) is 13.2. The monoisotopic (exact) mass is 474 g/mol. The summed E-state index contributed by atoms with van der Waals surface area (Å²) in [5.74, 6) is 3.29. The van der Waals surface area contributed by atoms with Crippen LogP contribution in [-0.4, -0.2) is 95.8 Å². The summed E-state index contributed by atoms with van der Waals surface area (Å²) in [6, 6.07) is 0. The Morgan fingerprint density at radius 3 is 1.15 bits per heavy atom. The zero-order valence-electron chi connectivity index (χ0n) is 21.3. The van der Waals surface area contributed by atoms with Gasteiger partial charge in [-0.1, -0.05) is 13.8 Å². The van der Waals surface area contributed by atoms with Crippen molar-refractivity contribution in [1.82, 2.24) is 19.6 Å². The van der Waals surface area contributed by atoms with Crippen LogP contribution in [0.2, 0.25) is 0 Å². The van der Waals surface area contributed by atoms with Gasteiger partial charge in [-0.15, -0.1) is 0 Å².